The molecule has 25 heavy (non-hydrogen) atoms. The van der Waals surface area contributed by atoms with Gasteiger partial charge in [0.15, 0.2) is 11.5 Å². The van der Waals surface area contributed by atoms with Crippen LogP contribution >= 0.6 is 11.6 Å². The van der Waals surface area contributed by atoms with Crippen LogP contribution in [0.15, 0.2) is 47.2 Å². The summed E-state index contributed by atoms with van der Waals surface area (Å²) < 4.78 is 6.78. The molecule has 4 aromatic rings. The first-order valence-electron chi connectivity index (χ1n) is 7.36. The lowest BCUT2D eigenvalue weighted by Gasteiger charge is -2.07. The third-order valence-corrected chi connectivity index (χ3v) is 4.15. The van der Waals surface area contributed by atoms with Crippen molar-refractivity contribution < 1.29 is 4.52 Å². The van der Waals surface area contributed by atoms with E-state index in [1.807, 2.05) is 19.1 Å². The predicted octanol–water partition coefficient (Wildman–Crippen LogP) is 2.92. The molecule has 0 radical (unpaired) electrons. The van der Waals surface area contributed by atoms with Gasteiger partial charge in [0.25, 0.3) is 5.89 Å². The second-order valence-electron chi connectivity index (χ2n) is 5.28. The minimum Gasteiger partial charge on any atom is -0.382 e. The molecule has 0 saturated carbocycles. The van der Waals surface area contributed by atoms with E-state index in [9.17, 15) is 0 Å². The predicted molar refractivity (Wildman–Crippen MR) is 92.0 cm³/mol. The van der Waals surface area contributed by atoms with Gasteiger partial charge in [0.05, 0.1) is 5.69 Å². The first-order valence-corrected chi connectivity index (χ1v) is 7.74. The smallest absolute Gasteiger partial charge is 0.282 e. The molecule has 0 fully saturated rings. The standard InChI is InChI=1S/C16H12ClN7O/c1-9-11(17)3-2-4-12(9)24-14(18)13(21-23-24)16-20-15(22-25-16)10-5-7-19-8-6-10/h2-8H,18H2,1H3. The minimum atomic E-state index is 0.190. The molecule has 0 saturated heterocycles. The fourth-order valence-corrected chi connectivity index (χ4v) is 2.55. The number of rotatable bonds is 3. The van der Waals surface area contributed by atoms with Gasteiger partial charge in [0.1, 0.15) is 0 Å². The second-order valence-corrected chi connectivity index (χ2v) is 5.69. The summed E-state index contributed by atoms with van der Waals surface area (Å²) in [5, 5.41) is 12.7. The Morgan fingerprint density at radius 3 is 2.76 bits per heavy atom. The largest absolute Gasteiger partial charge is 0.382 e. The molecule has 3 heterocycles. The molecule has 0 aliphatic carbocycles. The number of hydrogen-bond acceptors (Lipinski definition) is 7. The first-order chi connectivity index (χ1) is 12.1. The van der Waals surface area contributed by atoms with Crippen LogP contribution in [0, 0.1) is 6.92 Å². The highest BCUT2D eigenvalue weighted by molar-refractivity contribution is 6.31. The Morgan fingerprint density at radius 1 is 1.16 bits per heavy atom. The van der Waals surface area contributed by atoms with Crippen LogP contribution in [0.25, 0.3) is 28.7 Å². The van der Waals surface area contributed by atoms with Gasteiger partial charge in [-0.1, -0.05) is 28.0 Å². The average molecular weight is 354 g/mol. The summed E-state index contributed by atoms with van der Waals surface area (Å²) in [5.41, 5.74) is 8.86. The van der Waals surface area contributed by atoms with Crippen molar-refractivity contribution in [2.45, 2.75) is 6.92 Å². The monoisotopic (exact) mass is 353 g/mol. The molecule has 124 valence electrons. The number of pyridine rings is 1. The number of anilines is 1. The van der Waals surface area contributed by atoms with Gasteiger partial charge in [-0.15, -0.1) is 5.10 Å². The van der Waals surface area contributed by atoms with Crippen molar-refractivity contribution in [3.63, 3.8) is 0 Å². The van der Waals surface area contributed by atoms with Crippen molar-refractivity contribution in [3.8, 4) is 28.7 Å². The van der Waals surface area contributed by atoms with Gasteiger partial charge in [-0.05, 0) is 36.8 Å². The van der Waals surface area contributed by atoms with Crippen LogP contribution in [0.1, 0.15) is 5.56 Å². The highest BCUT2D eigenvalue weighted by Gasteiger charge is 2.20. The number of benzene rings is 1. The van der Waals surface area contributed by atoms with Crippen LogP contribution in [0.4, 0.5) is 5.82 Å². The zero-order chi connectivity index (χ0) is 17.4. The Labute approximate surface area is 147 Å². The second kappa shape index (κ2) is 5.99. The third-order valence-electron chi connectivity index (χ3n) is 3.74. The summed E-state index contributed by atoms with van der Waals surface area (Å²) in [6, 6.07) is 9.04. The van der Waals surface area contributed by atoms with Gasteiger partial charge < -0.3 is 10.3 Å². The third kappa shape index (κ3) is 2.62. The van der Waals surface area contributed by atoms with Crippen LogP contribution in [0.5, 0.6) is 0 Å². The zero-order valence-corrected chi connectivity index (χ0v) is 13.8. The molecule has 4 rings (SSSR count). The topological polar surface area (TPSA) is 109 Å². The lowest BCUT2D eigenvalue weighted by atomic mass is 10.2. The minimum absolute atomic E-state index is 0.190. The highest BCUT2D eigenvalue weighted by atomic mass is 35.5. The van der Waals surface area contributed by atoms with Crippen molar-refractivity contribution >= 4 is 17.4 Å². The lowest BCUT2D eigenvalue weighted by molar-refractivity contribution is 0.431. The summed E-state index contributed by atoms with van der Waals surface area (Å²) in [7, 11) is 0. The van der Waals surface area contributed by atoms with Gasteiger partial charge in [-0.2, -0.15) is 9.67 Å². The van der Waals surface area contributed by atoms with Crippen LogP contribution in [-0.4, -0.2) is 30.1 Å². The van der Waals surface area contributed by atoms with E-state index < -0.39 is 0 Å². The molecule has 0 atom stereocenters. The molecule has 0 amide bonds. The fourth-order valence-electron chi connectivity index (χ4n) is 2.38. The van der Waals surface area contributed by atoms with E-state index in [2.05, 4.69) is 25.4 Å². The Morgan fingerprint density at radius 2 is 1.96 bits per heavy atom. The molecule has 1 aromatic carbocycles. The summed E-state index contributed by atoms with van der Waals surface area (Å²) in [5.74, 6) is 0.899. The van der Waals surface area contributed by atoms with Crippen LogP contribution in [0.2, 0.25) is 5.02 Å². The quantitative estimate of drug-likeness (QED) is 0.603. The van der Waals surface area contributed by atoms with Crippen molar-refractivity contribution in [2.24, 2.45) is 0 Å². The van der Waals surface area contributed by atoms with E-state index in [0.29, 0.717) is 16.5 Å². The maximum Gasteiger partial charge on any atom is 0.282 e. The van der Waals surface area contributed by atoms with Gasteiger partial charge in [-0.3, -0.25) is 4.98 Å². The van der Waals surface area contributed by atoms with E-state index in [-0.39, 0.29) is 11.7 Å². The van der Waals surface area contributed by atoms with Crippen LogP contribution in [0.3, 0.4) is 0 Å². The first kappa shape index (κ1) is 15.3. The van der Waals surface area contributed by atoms with Crippen molar-refractivity contribution in [1.29, 1.82) is 0 Å². The fraction of sp³-hybridized carbons (Fsp3) is 0.0625. The van der Waals surface area contributed by atoms with Crippen molar-refractivity contribution in [2.75, 3.05) is 5.73 Å². The number of hydrogen-bond donors (Lipinski definition) is 1. The Hall–Kier alpha value is -3.26. The molecule has 3 aromatic heterocycles. The van der Waals surface area contributed by atoms with Gasteiger partial charge in [0.2, 0.25) is 5.82 Å². The lowest BCUT2D eigenvalue weighted by Crippen LogP contribution is -2.04. The van der Waals surface area contributed by atoms with Gasteiger partial charge in [-0.25, -0.2) is 0 Å². The Bertz CT molecular complexity index is 1040. The summed E-state index contributed by atoms with van der Waals surface area (Å²) >= 11 is 6.16. The zero-order valence-electron chi connectivity index (χ0n) is 13.1. The molecule has 0 aliphatic rings. The Kier molecular flexibility index (Phi) is 3.66. The van der Waals surface area contributed by atoms with E-state index in [4.69, 9.17) is 21.9 Å². The number of nitrogens with two attached hydrogens (primary N) is 1. The SMILES string of the molecule is Cc1c(Cl)cccc1-n1nnc(-c2nc(-c3ccncc3)no2)c1N. The highest BCUT2D eigenvalue weighted by Crippen LogP contribution is 2.28. The number of aromatic nitrogens is 6. The van der Waals surface area contributed by atoms with Gasteiger partial charge in [0, 0.05) is 23.0 Å². The summed E-state index contributed by atoms with van der Waals surface area (Å²) in [6.07, 6.45) is 3.30. The summed E-state index contributed by atoms with van der Waals surface area (Å²) in [6.45, 7) is 1.88. The molecule has 0 aliphatic heterocycles. The van der Waals surface area contributed by atoms with E-state index in [1.165, 1.54) is 4.68 Å². The van der Waals surface area contributed by atoms with Crippen molar-refractivity contribution in [1.82, 2.24) is 30.1 Å². The molecule has 0 spiro atoms. The molecule has 0 unspecified atom stereocenters. The number of halogens is 1. The molecular weight excluding hydrogens is 342 g/mol. The molecular formula is C16H12ClN7O. The molecule has 9 heteroatoms. The van der Waals surface area contributed by atoms with E-state index in [0.717, 1.165) is 16.8 Å². The summed E-state index contributed by atoms with van der Waals surface area (Å²) in [4.78, 5) is 8.29. The molecule has 0 bridgehead atoms. The van der Waals surface area contributed by atoms with E-state index in [1.54, 1.807) is 30.6 Å². The van der Waals surface area contributed by atoms with Crippen LogP contribution in [-0.2, 0) is 0 Å². The normalized spacial score (nSPS) is 11.0. The number of nitrogen functional groups attached to an aromatic ring is 1. The van der Waals surface area contributed by atoms with Crippen molar-refractivity contribution in [3.05, 3.63) is 53.3 Å². The average Bonchev–Trinajstić information content (AvgIpc) is 3.25. The molecule has 8 nitrogen and oxygen atoms in total. The molecule has 2 N–H and O–H groups in total. The Balaban J connectivity index is 1.75. The van der Waals surface area contributed by atoms with Crippen LogP contribution < -0.4 is 5.73 Å². The maximum absolute atomic E-state index is 6.19. The van der Waals surface area contributed by atoms with Gasteiger partial charge >= 0.3 is 0 Å². The van der Waals surface area contributed by atoms with E-state index >= 15 is 0 Å². The maximum atomic E-state index is 6.19. The number of nitrogens with zero attached hydrogens (tertiary/aromatic N) is 6.